The minimum absolute atomic E-state index is 0.0722. The average molecular weight is 335 g/mol. The molecule has 0 aromatic carbocycles. The van der Waals surface area contributed by atoms with E-state index in [0.717, 1.165) is 0 Å². The normalized spacial score (nSPS) is 18.8. The van der Waals surface area contributed by atoms with Crippen LogP contribution in [0.3, 0.4) is 0 Å². The Kier molecular flexibility index (Phi) is 7.24. The van der Waals surface area contributed by atoms with Gasteiger partial charge in [0.2, 0.25) is 15.9 Å². The largest absolute Gasteiger partial charge is 0.466 e. The standard InChI is InChI=1S/C13H25N3O5S/c1-3-21-12(17)5-4-10-22(19,20)16-8-6-15(7-9-16)11(2)13(14)18/h11H,3-10H2,1-2H3,(H2,14,18)/t11-/m1/s1. The third-order valence-electron chi connectivity index (χ3n) is 3.71. The zero-order valence-electron chi connectivity index (χ0n) is 13.2. The van der Waals surface area contributed by atoms with Gasteiger partial charge in [-0.25, -0.2) is 8.42 Å². The summed E-state index contributed by atoms with van der Waals surface area (Å²) in [6.07, 6.45) is 0.352. The monoisotopic (exact) mass is 335 g/mol. The maximum Gasteiger partial charge on any atom is 0.305 e. The van der Waals surface area contributed by atoms with Crippen LogP contribution in [0.2, 0.25) is 0 Å². The van der Waals surface area contributed by atoms with E-state index in [0.29, 0.717) is 32.8 Å². The van der Waals surface area contributed by atoms with E-state index in [9.17, 15) is 18.0 Å². The van der Waals surface area contributed by atoms with Gasteiger partial charge >= 0.3 is 5.97 Å². The first-order valence-corrected chi connectivity index (χ1v) is 9.05. The fraction of sp³-hybridized carbons (Fsp3) is 0.846. The lowest BCUT2D eigenvalue weighted by atomic mass is 10.2. The molecular weight excluding hydrogens is 310 g/mol. The smallest absolute Gasteiger partial charge is 0.305 e. The summed E-state index contributed by atoms with van der Waals surface area (Å²) < 4.78 is 30.6. The highest BCUT2D eigenvalue weighted by molar-refractivity contribution is 7.89. The topological polar surface area (TPSA) is 110 Å². The Morgan fingerprint density at radius 3 is 2.32 bits per heavy atom. The van der Waals surface area contributed by atoms with E-state index in [1.54, 1.807) is 13.8 Å². The number of primary amides is 1. The fourth-order valence-corrected chi connectivity index (χ4v) is 3.80. The van der Waals surface area contributed by atoms with Crippen molar-refractivity contribution >= 4 is 21.9 Å². The molecule has 1 rings (SSSR count). The van der Waals surface area contributed by atoms with Gasteiger partial charge in [-0.15, -0.1) is 0 Å². The molecule has 1 atom stereocenters. The number of nitrogens with zero attached hydrogens (tertiary/aromatic N) is 2. The van der Waals surface area contributed by atoms with E-state index < -0.39 is 22.0 Å². The SMILES string of the molecule is CCOC(=O)CCCS(=O)(=O)N1CCN([C@H](C)C(N)=O)CC1. The Morgan fingerprint density at radius 1 is 1.23 bits per heavy atom. The highest BCUT2D eigenvalue weighted by atomic mass is 32.2. The number of carbonyl (C=O) groups excluding carboxylic acids is 2. The molecule has 0 aromatic heterocycles. The molecule has 128 valence electrons. The molecule has 0 aliphatic carbocycles. The number of ether oxygens (including phenoxy) is 1. The lowest BCUT2D eigenvalue weighted by Gasteiger charge is -2.36. The molecule has 1 heterocycles. The summed E-state index contributed by atoms with van der Waals surface area (Å²) >= 11 is 0. The summed E-state index contributed by atoms with van der Waals surface area (Å²) in [5, 5.41) is 0. The molecule has 22 heavy (non-hydrogen) atoms. The minimum atomic E-state index is -3.38. The predicted octanol–water partition coefficient (Wildman–Crippen LogP) is -0.849. The van der Waals surface area contributed by atoms with E-state index in [1.165, 1.54) is 4.31 Å². The Morgan fingerprint density at radius 2 is 1.82 bits per heavy atom. The molecule has 1 aliphatic rings. The first kappa shape index (κ1) is 18.9. The number of amides is 1. The van der Waals surface area contributed by atoms with Crippen LogP contribution in [0.4, 0.5) is 0 Å². The van der Waals surface area contributed by atoms with Crippen LogP contribution in [0.15, 0.2) is 0 Å². The van der Waals surface area contributed by atoms with Gasteiger partial charge in [-0.2, -0.15) is 4.31 Å². The number of piperazine rings is 1. The van der Waals surface area contributed by atoms with Crippen molar-refractivity contribution in [2.45, 2.75) is 32.7 Å². The Hall–Kier alpha value is -1.19. The molecular formula is C13H25N3O5S. The fourth-order valence-electron chi connectivity index (χ4n) is 2.31. The lowest BCUT2D eigenvalue weighted by Crippen LogP contribution is -2.54. The van der Waals surface area contributed by atoms with E-state index in [1.807, 2.05) is 4.90 Å². The molecule has 0 spiro atoms. The summed E-state index contributed by atoms with van der Waals surface area (Å²) in [6, 6.07) is -0.395. The molecule has 0 bridgehead atoms. The van der Waals surface area contributed by atoms with Crippen molar-refractivity contribution in [3.05, 3.63) is 0 Å². The van der Waals surface area contributed by atoms with Gasteiger partial charge in [0, 0.05) is 32.6 Å². The Bertz CT molecular complexity index is 486. The van der Waals surface area contributed by atoms with Crippen LogP contribution < -0.4 is 5.73 Å². The molecule has 0 radical (unpaired) electrons. The Labute approximate surface area is 131 Å². The van der Waals surface area contributed by atoms with Crippen LogP contribution in [0.1, 0.15) is 26.7 Å². The van der Waals surface area contributed by atoms with Gasteiger partial charge in [-0.3, -0.25) is 14.5 Å². The third kappa shape index (κ3) is 5.54. The van der Waals surface area contributed by atoms with Crippen LogP contribution in [0, 0.1) is 0 Å². The number of rotatable bonds is 8. The van der Waals surface area contributed by atoms with E-state index >= 15 is 0 Å². The van der Waals surface area contributed by atoms with Crippen molar-refractivity contribution in [2.75, 3.05) is 38.5 Å². The van der Waals surface area contributed by atoms with Gasteiger partial charge in [0.25, 0.3) is 0 Å². The number of nitrogens with two attached hydrogens (primary N) is 1. The van der Waals surface area contributed by atoms with Crippen molar-refractivity contribution in [3.63, 3.8) is 0 Å². The van der Waals surface area contributed by atoms with Crippen molar-refractivity contribution in [1.29, 1.82) is 0 Å². The van der Waals surface area contributed by atoms with Gasteiger partial charge in [0.05, 0.1) is 18.4 Å². The number of hydrogen-bond acceptors (Lipinski definition) is 6. The van der Waals surface area contributed by atoms with Crippen molar-refractivity contribution in [2.24, 2.45) is 5.73 Å². The maximum atomic E-state index is 12.2. The second kappa shape index (κ2) is 8.44. The van der Waals surface area contributed by atoms with Crippen molar-refractivity contribution < 1.29 is 22.7 Å². The first-order valence-electron chi connectivity index (χ1n) is 7.44. The summed E-state index contributed by atoms with van der Waals surface area (Å²) in [5.74, 6) is -0.861. The van der Waals surface area contributed by atoms with Crippen molar-refractivity contribution in [1.82, 2.24) is 9.21 Å². The molecule has 1 aliphatic heterocycles. The van der Waals surface area contributed by atoms with E-state index in [-0.39, 0.29) is 24.6 Å². The third-order valence-corrected chi connectivity index (χ3v) is 5.67. The second-order valence-electron chi connectivity index (χ2n) is 5.24. The van der Waals surface area contributed by atoms with Crippen LogP contribution in [0.5, 0.6) is 0 Å². The molecule has 1 saturated heterocycles. The predicted molar refractivity (Wildman–Crippen MR) is 81.5 cm³/mol. The number of esters is 1. The lowest BCUT2D eigenvalue weighted by molar-refractivity contribution is -0.143. The molecule has 0 aromatic rings. The molecule has 0 unspecified atom stereocenters. The zero-order chi connectivity index (χ0) is 16.8. The Balaban J connectivity index is 2.42. The van der Waals surface area contributed by atoms with Gasteiger partial charge in [0.1, 0.15) is 0 Å². The van der Waals surface area contributed by atoms with E-state index in [2.05, 4.69) is 0 Å². The van der Waals surface area contributed by atoms with Crippen LogP contribution >= 0.6 is 0 Å². The van der Waals surface area contributed by atoms with Gasteiger partial charge in [0.15, 0.2) is 0 Å². The zero-order valence-corrected chi connectivity index (χ0v) is 14.0. The van der Waals surface area contributed by atoms with Crippen LogP contribution in [0.25, 0.3) is 0 Å². The summed E-state index contributed by atoms with van der Waals surface area (Å²) in [5.41, 5.74) is 5.25. The first-order chi connectivity index (χ1) is 10.3. The second-order valence-corrected chi connectivity index (χ2v) is 7.33. The van der Waals surface area contributed by atoms with Crippen LogP contribution in [-0.4, -0.2) is 74.1 Å². The quantitative estimate of drug-likeness (QED) is 0.579. The molecule has 2 N–H and O–H groups in total. The molecule has 0 saturated carbocycles. The minimum Gasteiger partial charge on any atom is -0.466 e. The molecule has 9 heteroatoms. The average Bonchev–Trinajstić information content (AvgIpc) is 2.46. The summed E-state index contributed by atoms with van der Waals surface area (Å²) in [7, 11) is -3.38. The van der Waals surface area contributed by atoms with Crippen molar-refractivity contribution in [3.8, 4) is 0 Å². The number of sulfonamides is 1. The number of hydrogen-bond donors (Lipinski definition) is 1. The molecule has 1 amide bonds. The maximum absolute atomic E-state index is 12.2. The van der Waals surface area contributed by atoms with Gasteiger partial charge in [-0.05, 0) is 20.3 Å². The molecule has 8 nitrogen and oxygen atoms in total. The van der Waals surface area contributed by atoms with Crippen LogP contribution in [-0.2, 0) is 24.3 Å². The van der Waals surface area contributed by atoms with Gasteiger partial charge < -0.3 is 10.5 Å². The highest BCUT2D eigenvalue weighted by Gasteiger charge is 2.29. The number of carbonyl (C=O) groups is 2. The summed E-state index contributed by atoms with van der Waals surface area (Å²) in [4.78, 5) is 24.2. The molecule has 1 fully saturated rings. The highest BCUT2D eigenvalue weighted by Crippen LogP contribution is 2.12. The summed E-state index contributed by atoms with van der Waals surface area (Å²) in [6.45, 7) is 5.33. The van der Waals surface area contributed by atoms with E-state index in [4.69, 9.17) is 10.5 Å². The van der Waals surface area contributed by atoms with Gasteiger partial charge in [-0.1, -0.05) is 0 Å².